The molecule has 113 heavy (non-hydrogen) atoms. The van der Waals surface area contributed by atoms with Gasteiger partial charge in [0.25, 0.3) is 0 Å². The van der Waals surface area contributed by atoms with Crippen LogP contribution < -0.4 is 65.0 Å². The third kappa shape index (κ3) is 23.8. The van der Waals surface area contributed by atoms with Gasteiger partial charge in [0.2, 0.25) is 70.9 Å². The number of hydrogen-bond donors (Lipinski definition) is 10. The van der Waals surface area contributed by atoms with Crippen molar-refractivity contribution in [3.63, 3.8) is 0 Å². The van der Waals surface area contributed by atoms with Gasteiger partial charge in [0, 0.05) is 108 Å². The highest BCUT2D eigenvalue weighted by Crippen LogP contribution is 2.32. The van der Waals surface area contributed by atoms with Gasteiger partial charge in [0.05, 0.1) is 53.7 Å². The van der Waals surface area contributed by atoms with Crippen molar-refractivity contribution in [2.45, 2.75) is 190 Å². The van der Waals surface area contributed by atoms with Gasteiger partial charge >= 0.3 is 0 Å². The average Bonchev–Trinajstić information content (AvgIpc) is 1.65. The summed E-state index contributed by atoms with van der Waals surface area (Å²) >= 11 is 0. The van der Waals surface area contributed by atoms with Gasteiger partial charge in [-0.3, -0.25) is 57.5 Å². The molecule has 0 radical (unpaired) electrons. The Kier molecular flexibility index (Phi) is 30.8. The molecule has 30 nitrogen and oxygen atoms in total. The van der Waals surface area contributed by atoms with Gasteiger partial charge in [-0.15, -0.1) is 0 Å². The number of carbonyl (C=O) groups is 12. The van der Waals surface area contributed by atoms with Gasteiger partial charge in [-0.1, -0.05) is 73.5 Å². The van der Waals surface area contributed by atoms with E-state index in [1.807, 2.05) is 50.0 Å². The van der Waals surface area contributed by atoms with Crippen LogP contribution in [0.5, 0.6) is 5.75 Å². The third-order valence-electron chi connectivity index (χ3n) is 21.4. The number of likely N-dealkylation sites (N-methyl/N-ethyl adjacent to an activating group) is 1. The maximum absolute atomic E-state index is 16.2. The van der Waals surface area contributed by atoms with Crippen LogP contribution in [0, 0.1) is 5.82 Å². The maximum Gasteiger partial charge on any atom is 0.246 e. The van der Waals surface area contributed by atoms with Crippen LogP contribution in [-0.4, -0.2) is 247 Å². The van der Waals surface area contributed by atoms with Gasteiger partial charge in [-0.05, 0) is 123 Å². The molecular weight excluding hydrogens is 1480 g/mol. The lowest BCUT2D eigenvalue weighted by Gasteiger charge is -2.37. The quantitative estimate of drug-likeness (QED) is 0.0497. The minimum atomic E-state index is -1.86. The molecule has 1 aromatic heterocycles. The Bertz CT molecular complexity index is 4230. The van der Waals surface area contributed by atoms with E-state index in [0.29, 0.717) is 108 Å². The number of aliphatic hydroxyl groups excluding tert-OH is 1. The van der Waals surface area contributed by atoms with Crippen LogP contribution in [0.3, 0.4) is 0 Å². The summed E-state index contributed by atoms with van der Waals surface area (Å²) in [6.07, 6.45) is 0.639. The molecule has 0 aliphatic carbocycles. The number of amides is 12. The number of fused-ring (bicyclic) bond motifs is 16. The number of halogens is 2. The van der Waals surface area contributed by atoms with Crippen molar-refractivity contribution in [1.29, 1.82) is 0 Å². The van der Waals surface area contributed by atoms with Gasteiger partial charge in [0.15, 0.2) is 0 Å². The Labute approximate surface area is 663 Å². The monoisotopic (exact) mass is 1590 g/mol. The number of hydrogen-bond acceptors (Lipinski definition) is 16. The Morgan fingerprint density at radius 1 is 0.699 bits per heavy atom. The van der Waals surface area contributed by atoms with Crippen LogP contribution in [0.4, 0.5) is 4.39 Å². The molecule has 0 saturated carbocycles. The molecule has 7 heterocycles. The zero-order valence-corrected chi connectivity index (χ0v) is 66.1. The maximum atomic E-state index is 16.2. The number of quaternary nitrogens is 1. The largest absolute Gasteiger partial charge is 1.00 e. The van der Waals surface area contributed by atoms with Crippen molar-refractivity contribution in [1.82, 2.24) is 67.1 Å². The number of rotatable bonds is 12. The van der Waals surface area contributed by atoms with E-state index in [2.05, 4.69) is 47.9 Å². The van der Waals surface area contributed by atoms with E-state index in [1.165, 1.54) is 38.0 Å². The van der Waals surface area contributed by atoms with Crippen LogP contribution in [-0.2, 0) is 112 Å². The Morgan fingerprint density at radius 2 is 1.42 bits per heavy atom. The van der Waals surface area contributed by atoms with Crippen LogP contribution >= 0.6 is 0 Å². The summed E-state index contributed by atoms with van der Waals surface area (Å²) in [5.41, 5.74) is 2.71. The standard InChI is InChI=1S/C81H107FN14O16.ClH/c1-50-73(102)90-64(46-85-67(98)30-38-111-39-37-96(4,5)6)75(104)87-61-42-55-14-12-15-56(40-55)45-84-69(100)49-112-66-29-36-94-72(66)77(106)91-71(51(2)97)76(105)89-62(41-53-20-23-59(110-7)24-21-53)79(108)95-35-13-31-81(95,3)80(109)83-32-28-52-16-18-54(19-17-52)47-93(70(101)27-26-68(99)86-50)34-11-9-8-10-33-92-48-57(43-63(78(94)107)88-74(61)103)60-44-58(82)22-25-65(60)92;/h12,14-25,40,44,48,50-51,61-64,66,71-72,97H,8-11,13,26-39,41-43,45-47,49H2,1-7H3,(H8-,83,84,85,86,87,88,89,90,91,98,99,100,102,103,104,105,106,109);1H/t50-,51+,61-,62-,63-,64+,66-,71-,72-,81-;/m0./s1. The molecule has 10 N–H and O–H groups in total. The number of nitrogens with one attached hydrogen (secondary N) is 9. The van der Waals surface area contributed by atoms with Crippen LogP contribution in [0.2, 0.25) is 0 Å². The van der Waals surface area contributed by atoms with E-state index < -0.39 is 144 Å². The Morgan fingerprint density at radius 3 is 2.15 bits per heavy atom. The van der Waals surface area contributed by atoms with E-state index in [-0.39, 0.29) is 109 Å². The predicted octanol–water partition coefficient (Wildman–Crippen LogP) is -1.59. The number of ether oxygens (including phenoxy) is 3. The second kappa shape index (κ2) is 40.1. The summed E-state index contributed by atoms with van der Waals surface area (Å²) in [6, 6.07) is 13.9. The van der Waals surface area contributed by atoms with Crippen molar-refractivity contribution in [2.24, 2.45) is 0 Å². The molecule has 6 aliphatic rings. The minimum Gasteiger partial charge on any atom is -1.00 e. The lowest BCUT2D eigenvalue weighted by Crippen LogP contribution is -3.00. The zero-order valence-electron chi connectivity index (χ0n) is 65.4. The molecule has 0 unspecified atom stereocenters. The first kappa shape index (κ1) is 86.9. The molecule has 2 saturated heterocycles. The highest BCUT2D eigenvalue weighted by Gasteiger charge is 2.50. The molecular formula is C81H108ClFN14O16. The lowest BCUT2D eigenvalue weighted by atomic mass is 9.95. The average molecular weight is 1590 g/mol. The van der Waals surface area contributed by atoms with Crippen molar-refractivity contribution in [3.05, 3.63) is 136 Å². The van der Waals surface area contributed by atoms with Gasteiger partial charge < -0.3 is 103 Å². The zero-order chi connectivity index (χ0) is 80.4. The van der Waals surface area contributed by atoms with E-state index in [1.54, 1.807) is 72.6 Å². The molecule has 12 amide bonds. The fraction of sp³-hybridized carbons (Fsp3) is 0.531. The SMILES string of the molecule is COc1ccc(C[C@@H]2NC(=O)[C@H]([C@@H](C)O)NC(=O)[C@@H]3[C@@H]4CCN3C(=O)[C@@H]3Cc5cn(c6ccc(F)cc56)CCCCCCN(Cc5ccc(cc5)CCNC(=O)[C@]5(C)CCCN5C2=O)C(=O)CCC(=O)N[C@@H](C)C(=O)N[C@H](CNC(=O)CCOCC[N+](C)(C)C)C(=O)N[C@@H](Cc2cccc(c2)CNC(=O)CO4)C(=O)N3)cc1.[Cl-]. The Hall–Kier alpha value is -10.1. The van der Waals surface area contributed by atoms with Crippen molar-refractivity contribution in [2.75, 3.05) is 87.3 Å². The number of aryl methyl sites for hydroxylation is 1. The van der Waals surface area contributed by atoms with Gasteiger partial charge in [-0.2, -0.15) is 0 Å². The molecule has 32 heteroatoms. The summed E-state index contributed by atoms with van der Waals surface area (Å²) in [4.78, 5) is 182. The fourth-order valence-electron chi connectivity index (χ4n) is 14.9. The Balaban J connectivity index is 0.0000146. The molecule has 612 valence electrons. The molecule has 0 spiro atoms. The second-order valence-corrected chi connectivity index (χ2v) is 31.0. The van der Waals surface area contributed by atoms with E-state index in [9.17, 15) is 33.9 Å². The summed E-state index contributed by atoms with van der Waals surface area (Å²) < 4.78 is 35.8. The highest BCUT2D eigenvalue weighted by molar-refractivity contribution is 6.00. The third-order valence-corrected chi connectivity index (χ3v) is 21.4. The number of nitrogens with zero attached hydrogens (tertiary/aromatic N) is 5. The first-order chi connectivity index (χ1) is 53.5. The fourth-order valence-corrected chi connectivity index (χ4v) is 14.9. The second-order valence-electron chi connectivity index (χ2n) is 31.0. The predicted molar refractivity (Wildman–Crippen MR) is 410 cm³/mol. The lowest BCUT2D eigenvalue weighted by molar-refractivity contribution is -0.870. The van der Waals surface area contributed by atoms with E-state index in [0.717, 1.165) is 16.0 Å². The molecule has 10 atom stereocenters. The smallest absolute Gasteiger partial charge is 0.246 e. The molecule has 5 aromatic rings. The van der Waals surface area contributed by atoms with Gasteiger partial charge in [-0.25, -0.2) is 4.39 Å². The van der Waals surface area contributed by atoms with Crippen molar-refractivity contribution < 1.29 is 98.1 Å². The summed E-state index contributed by atoms with van der Waals surface area (Å²) in [6.45, 7) is 4.89. The summed E-state index contributed by atoms with van der Waals surface area (Å²) in [7, 11) is 7.45. The molecule has 4 aromatic carbocycles. The van der Waals surface area contributed by atoms with Crippen molar-refractivity contribution >= 4 is 81.8 Å². The molecule has 2 fully saturated rings. The number of benzene rings is 4. The van der Waals surface area contributed by atoms with Crippen LogP contribution in [0.25, 0.3) is 10.9 Å². The number of aromatic nitrogens is 1. The topological polar surface area (TPSA) is 376 Å². The van der Waals surface area contributed by atoms with Crippen LogP contribution in [0.1, 0.15) is 118 Å². The minimum absolute atomic E-state index is 0. The summed E-state index contributed by atoms with van der Waals surface area (Å²) in [5, 5.41) is 37.0. The van der Waals surface area contributed by atoms with Crippen LogP contribution in [0.15, 0.2) is 97.2 Å². The van der Waals surface area contributed by atoms with E-state index >= 15 is 33.2 Å². The van der Waals surface area contributed by atoms with Crippen molar-refractivity contribution in [3.8, 4) is 5.75 Å². The highest BCUT2D eigenvalue weighted by atomic mass is 35.5. The normalized spacial score (nSPS) is 24.7. The number of methoxy groups -OCH3 is 1. The summed E-state index contributed by atoms with van der Waals surface area (Å²) in [5.74, 6) is -9.25. The molecule has 6 aliphatic heterocycles. The first-order valence-electron chi connectivity index (χ1n) is 38.8. The van der Waals surface area contributed by atoms with E-state index in [4.69, 9.17) is 14.2 Å². The van der Waals surface area contributed by atoms with Gasteiger partial charge in [0.1, 0.15) is 72.6 Å². The number of carbonyl (C=O) groups excluding carboxylic acids is 12. The number of aliphatic hydroxyl groups is 1. The first-order valence-corrected chi connectivity index (χ1v) is 38.8. The molecule has 11 rings (SSSR count). The molecule has 12 bridgehead atoms.